The molecule has 2 heterocycles. The van der Waals surface area contributed by atoms with E-state index in [0.717, 1.165) is 4.88 Å². The van der Waals surface area contributed by atoms with Gasteiger partial charge in [0.15, 0.2) is 9.84 Å². The van der Waals surface area contributed by atoms with Gasteiger partial charge in [-0.1, -0.05) is 24.3 Å². The number of thiophene rings is 1. The third-order valence-corrected chi connectivity index (χ3v) is 6.34. The maximum atomic E-state index is 12.2. The number of oxazole rings is 1. The quantitative estimate of drug-likeness (QED) is 0.670. The Balaban J connectivity index is 1.55. The first-order chi connectivity index (χ1) is 12.5. The van der Waals surface area contributed by atoms with Crippen molar-refractivity contribution in [2.75, 3.05) is 12.3 Å². The lowest BCUT2D eigenvalue weighted by Gasteiger charge is -2.06. The third kappa shape index (κ3) is 4.39. The van der Waals surface area contributed by atoms with Crippen LogP contribution in [0.4, 0.5) is 0 Å². The van der Waals surface area contributed by atoms with Crippen molar-refractivity contribution in [2.45, 2.75) is 18.2 Å². The smallest absolute Gasteiger partial charge is 0.236 e. The van der Waals surface area contributed by atoms with Crippen molar-refractivity contribution in [3.63, 3.8) is 0 Å². The fraction of sp³-hybridized carbons (Fsp3) is 0.222. The Kier molecular flexibility index (Phi) is 5.53. The number of benzene rings is 1. The maximum absolute atomic E-state index is 12.2. The first-order valence-corrected chi connectivity index (χ1v) is 10.5. The van der Waals surface area contributed by atoms with Crippen LogP contribution in [0.25, 0.3) is 10.8 Å². The van der Waals surface area contributed by atoms with Crippen molar-refractivity contribution in [1.82, 2.24) is 10.3 Å². The Hall–Kier alpha value is -2.45. The van der Waals surface area contributed by atoms with E-state index in [1.807, 2.05) is 17.5 Å². The highest BCUT2D eigenvalue weighted by Crippen LogP contribution is 2.26. The number of hydrogen-bond acceptors (Lipinski definition) is 6. The molecule has 0 unspecified atom stereocenters. The van der Waals surface area contributed by atoms with Gasteiger partial charge in [-0.3, -0.25) is 4.79 Å². The molecule has 0 saturated heterocycles. The molecule has 0 fully saturated rings. The summed E-state index contributed by atoms with van der Waals surface area (Å²) in [5.41, 5.74) is 0.553. The van der Waals surface area contributed by atoms with Crippen LogP contribution in [0.1, 0.15) is 11.5 Å². The lowest BCUT2D eigenvalue weighted by molar-refractivity contribution is -0.120. The van der Waals surface area contributed by atoms with Gasteiger partial charge >= 0.3 is 0 Å². The molecule has 0 spiro atoms. The number of nitrogens with one attached hydrogen (secondary N) is 1. The molecule has 1 aromatic carbocycles. The Morgan fingerprint density at radius 1 is 1.19 bits per heavy atom. The summed E-state index contributed by atoms with van der Waals surface area (Å²) in [6.45, 7) is 1.80. The number of aryl methyl sites for hydroxylation is 1. The normalized spacial score (nSPS) is 11.4. The van der Waals surface area contributed by atoms with Crippen molar-refractivity contribution >= 4 is 27.1 Å². The highest BCUT2D eigenvalue weighted by atomic mass is 32.2. The molecule has 6 nitrogen and oxygen atoms in total. The average molecular weight is 390 g/mol. The molecule has 0 aliphatic carbocycles. The SMILES string of the molecule is Cc1oc(-c2cccs2)nc1CC(=O)NCCS(=O)(=O)c1ccccc1. The topological polar surface area (TPSA) is 89.3 Å². The number of hydrogen-bond donors (Lipinski definition) is 1. The van der Waals surface area contributed by atoms with Gasteiger partial charge in [0, 0.05) is 6.54 Å². The highest BCUT2D eigenvalue weighted by molar-refractivity contribution is 7.91. The lowest BCUT2D eigenvalue weighted by atomic mass is 10.2. The van der Waals surface area contributed by atoms with Crippen LogP contribution in [-0.2, 0) is 21.1 Å². The van der Waals surface area contributed by atoms with Gasteiger partial charge in [0.05, 0.1) is 27.6 Å². The first-order valence-electron chi connectivity index (χ1n) is 8.00. The van der Waals surface area contributed by atoms with Gasteiger partial charge in [-0.15, -0.1) is 11.3 Å². The lowest BCUT2D eigenvalue weighted by Crippen LogP contribution is -2.30. The van der Waals surface area contributed by atoms with Crippen LogP contribution < -0.4 is 5.32 Å². The van der Waals surface area contributed by atoms with Gasteiger partial charge in [-0.2, -0.15) is 0 Å². The van der Waals surface area contributed by atoms with Crippen molar-refractivity contribution in [3.8, 4) is 10.8 Å². The molecule has 0 radical (unpaired) electrons. The van der Waals surface area contributed by atoms with Crippen LogP contribution in [0.5, 0.6) is 0 Å². The summed E-state index contributed by atoms with van der Waals surface area (Å²) >= 11 is 1.51. The molecule has 26 heavy (non-hydrogen) atoms. The summed E-state index contributed by atoms with van der Waals surface area (Å²) in [4.78, 5) is 17.6. The molecule has 0 bridgehead atoms. The summed E-state index contributed by atoms with van der Waals surface area (Å²) in [7, 11) is -3.41. The molecule has 1 N–H and O–H groups in total. The van der Waals surface area contributed by atoms with Crippen LogP contribution >= 0.6 is 11.3 Å². The highest BCUT2D eigenvalue weighted by Gasteiger charge is 2.17. The van der Waals surface area contributed by atoms with E-state index >= 15 is 0 Å². The zero-order chi connectivity index (χ0) is 18.6. The minimum Gasteiger partial charge on any atom is -0.440 e. The van der Waals surface area contributed by atoms with Crippen molar-refractivity contribution in [1.29, 1.82) is 0 Å². The fourth-order valence-electron chi connectivity index (χ4n) is 2.38. The van der Waals surface area contributed by atoms with E-state index < -0.39 is 9.84 Å². The Morgan fingerprint density at radius 2 is 1.96 bits per heavy atom. The number of carbonyl (C=O) groups excluding carboxylic acids is 1. The first kappa shape index (κ1) is 18.3. The number of rotatable bonds is 7. The molecule has 3 rings (SSSR count). The number of carbonyl (C=O) groups is 1. The number of sulfone groups is 1. The van der Waals surface area contributed by atoms with Crippen LogP contribution in [0.15, 0.2) is 57.2 Å². The monoisotopic (exact) mass is 390 g/mol. The standard InChI is InChI=1S/C18H18N2O4S2/c1-13-15(20-18(24-13)16-8-5-10-25-16)12-17(21)19-9-11-26(22,23)14-6-3-2-4-7-14/h2-8,10H,9,11-12H2,1H3,(H,19,21). The van der Waals surface area contributed by atoms with Crippen LogP contribution in [0.2, 0.25) is 0 Å². The summed E-state index contributed by atoms with van der Waals surface area (Å²) in [6, 6.07) is 12.0. The van der Waals surface area contributed by atoms with E-state index in [2.05, 4.69) is 10.3 Å². The zero-order valence-corrected chi connectivity index (χ0v) is 15.8. The van der Waals surface area contributed by atoms with Gasteiger partial charge in [0.2, 0.25) is 11.8 Å². The van der Waals surface area contributed by atoms with E-state index in [1.54, 1.807) is 37.3 Å². The number of nitrogens with zero attached hydrogens (tertiary/aromatic N) is 1. The molecule has 2 aromatic heterocycles. The van der Waals surface area contributed by atoms with Gasteiger partial charge in [-0.25, -0.2) is 13.4 Å². The summed E-state index contributed by atoms with van der Waals surface area (Å²) in [6.07, 6.45) is 0.0477. The minimum absolute atomic E-state index is 0.0464. The van der Waals surface area contributed by atoms with Crippen LogP contribution in [0, 0.1) is 6.92 Å². The van der Waals surface area contributed by atoms with Gasteiger partial charge < -0.3 is 9.73 Å². The summed E-state index contributed by atoms with van der Waals surface area (Å²) in [5.74, 6) is 0.635. The van der Waals surface area contributed by atoms with Crippen LogP contribution in [0.3, 0.4) is 0 Å². The minimum atomic E-state index is -3.41. The van der Waals surface area contributed by atoms with Gasteiger partial charge in [-0.05, 0) is 30.5 Å². The van der Waals surface area contributed by atoms with Gasteiger partial charge in [0.1, 0.15) is 5.76 Å². The molecule has 8 heteroatoms. The van der Waals surface area contributed by atoms with E-state index in [4.69, 9.17) is 4.42 Å². The van der Waals surface area contributed by atoms with Gasteiger partial charge in [0.25, 0.3) is 0 Å². The molecule has 0 atom stereocenters. The predicted molar refractivity (Wildman–Crippen MR) is 99.8 cm³/mol. The number of aromatic nitrogens is 1. The van der Waals surface area contributed by atoms with Crippen molar-refractivity contribution in [3.05, 3.63) is 59.3 Å². The van der Waals surface area contributed by atoms with Crippen molar-refractivity contribution < 1.29 is 17.6 Å². The molecule has 0 aliphatic rings. The maximum Gasteiger partial charge on any atom is 0.236 e. The molecular weight excluding hydrogens is 372 g/mol. The van der Waals surface area contributed by atoms with E-state index in [-0.39, 0.29) is 29.5 Å². The average Bonchev–Trinajstić information content (AvgIpc) is 3.26. The van der Waals surface area contributed by atoms with E-state index in [9.17, 15) is 13.2 Å². The van der Waals surface area contributed by atoms with Crippen LogP contribution in [-0.4, -0.2) is 31.6 Å². The second kappa shape index (κ2) is 7.84. The van der Waals surface area contributed by atoms with E-state index in [1.165, 1.54) is 11.3 Å². The Bertz CT molecular complexity index is 978. The predicted octanol–water partition coefficient (Wildman–Crippen LogP) is 2.84. The molecule has 136 valence electrons. The Morgan fingerprint density at radius 3 is 2.65 bits per heavy atom. The number of amides is 1. The fourth-order valence-corrected chi connectivity index (χ4v) is 4.21. The molecule has 0 saturated carbocycles. The molecular formula is C18H18N2O4S2. The zero-order valence-electron chi connectivity index (χ0n) is 14.1. The molecule has 3 aromatic rings. The van der Waals surface area contributed by atoms with E-state index in [0.29, 0.717) is 17.3 Å². The van der Waals surface area contributed by atoms with Crippen molar-refractivity contribution in [2.24, 2.45) is 0 Å². The summed E-state index contributed by atoms with van der Waals surface area (Å²) in [5, 5.41) is 4.56. The second-order valence-electron chi connectivity index (χ2n) is 5.66. The second-order valence-corrected chi connectivity index (χ2v) is 8.71. The summed E-state index contributed by atoms with van der Waals surface area (Å²) < 4.78 is 30.0. The Labute approximate surface area is 155 Å². The third-order valence-electron chi connectivity index (χ3n) is 3.75. The molecule has 1 amide bonds. The molecule has 0 aliphatic heterocycles. The largest absolute Gasteiger partial charge is 0.440 e.